The molecule has 0 saturated heterocycles. The Hall–Kier alpha value is -3.07. The van der Waals surface area contributed by atoms with E-state index in [1.54, 1.807) is 7.11 Å². The van der Waals surface area contributed by atoms with Crippen LogP contribution in [0.3, 0.4) is 0 Å². The second kappa shape index (κ2) is 8.15. The monoisotopic (exact) mass is 330 g/mol. The normalized spacial score (nSPS) is 11.2. The summed E-state index contributed by atoms with van der Waals surface area (Å²) < 4.78 is 5.25. The fourth-order valence-corrected chi connectivity index (χ4v) is 2.64. The lowest BCUT2D eigenvalue weighted by atomic mass is 10.1. The number of rotatable bonds is 6. The van der Waals surface area contributed by atoms with Gasteiger partial charge in [-0.1, -0.05) is 43.3 Å². The second-order valence-corrected chi connectivity index (χ2v) is 5.61. The number of benzene rings is 3. The molecule has 25 heavy (non-hydrogen) atoms. The summed E-state index contributed by atoms with van der Waals surface area (Å²) in [5.41, 5.74) is 4.19. The first-order valence-electron chi connectivity index (χ1n) is 8.44. The molecule has 0 atom stereocenters. The molecule has 0 radical (unpaired) electrons. The highest BCUT2D eigenvalue weighted by atomic mass is 16.5. The molecule has 0 amide bonds. The third-order valence-electron chi connectivity index (χ3n) is 3.98. The van der Waals surface area contributed by atoms with E-state index in [-0.39, 0.29) is 0 Å². The topological polar surface area (TPSA) is 24.8 Å². The van der Waals surface area contributed by atoms with E-state index in [2.05, 4.69) is 43.3 Å². The van der Waals surface area contributed by atoms with Crippen LogP contribution >= 0.6 is 0 Å². The van der Waals surface area contributed by atoms with Gasteiger partial charge in [0.2, 0.25) is 0 Å². The van der Waals surface area contributed by atoms with Crippen molar-refractivity contribution in [2.45, 2.75) is 13.3 Å². The average molecular weight is 330 g/mol. The molecule has 126 valence electrons. The Balaban J connectivity index is 2.03. The summed E-state index contributed by atoms with van der Waals surface area (Å²) in [5, 5.41) is 6.96. The lowest BCUT2D eigenvalue weighted by molar-refractivity contribution is 0.415. The first-order valence-corrected chi connectivity index (χ1v) is 8.44. The van der Waals surface area contributed by atoms with Crippen LogP contribution in [0.25, 0.3) is 0 Å². The van der Waals surface area contributed by atoms with E-state index in [9.17, 15) is 0 Å². The maximum Gasteiger partial charge on any atom is 0.118 e. The van der Waals surface area contributed by atoms with Crippen LogP contribution in [-0.2, 0) is 0 Å². The van der Waals surface area contributed by atoms with Crippen molar-refractivity contribution in [3.05, 3.63) is 90.5 Å². The maximum absolute atomic E-state index is 5.25. The molecule has 0 aliphatic rings. The summed E-state index contributed by atoms with van der Waals surface area (Å²) in [6.45, 7) is 2.12. The van der Waals surface area contributed by atoms with Crippen molar-refractivity contribution in [3.63, 3.8) is 0 Å². The van der Waals surface area contributed by atoms with Crippen LogP contribution in [0, 0.1) is 0 Å². The van der Waals surface area contributed by atoms with Crippen LogP contribution in [0.2, 0.25) is 0 Å². The number of para-hydroxylation sites is 2. The maximum atomic E-state index is 5.25. The molecule has 0 N–H and O–H groups in total. The fraction of sp³-hybridized carbons (Fsp3) is 0.136. The SMILES string of the molecule is CC/C(=N/N(c1ccccc1)c1ccccc1)c1ccc(OC)cc1. The second-order valence-electron chi connectivity index (χ2n) is 5.61. The van der Waals surface area contributed by atoms with E-state index in [1.165, 1.54) is 0 Å². The van der Waals surface area contributed by atoms with Gasteiger partial charge in [-0.3, -0.25) is 0 Å². The highest BCUT2D eigenvalue weighted by Crippen LogP contribution is 2.26. The molecule has 0 aliphatic heterocycles. The Morgan fingerprint density at radius 1 is 0.800 bits per heavy atom. The van der Waals surface area contributed by atoms with Crippen molar-refractivity contribution >= 4 is 17.1 Å². The average Bonchev–Trinajstić information content (AvgIpc) is 2.70. The summed E-state index contributed by atoms with van der Waals surface area (Å²) in [7, 11) is 1.68. The lowest BCUT2D eigenvalue weighted by Gasteiger charge is -2.21. The smallest absolute Gasteiger partial charge is 0.118 e. The number of hydrazone groups is 1. The van der Waals surface area contributed by atoms with Crippen LogP contribution in [0.4, 0.5) is 11.4 Å². The number of hydrogen-bond acceptors (Lipinski definition) is 3. The quantitative estimate of drug-likeness (QED) is 0.431. The van der Waals surface area contributed by atoms with Crippen molar-refractivity contribution in [1.29, 1.82) is 0 Å². The third-order valence-corrected chi connectivity index (χ3v) is 3.98. The van der Waals surface area contributed by atoms with Gasteiger partial charge in [-0.05, 0) is 60.5 Å². The highest BCUT2D eigenvalue weighted by Gasteiger charge is 2.10. The molecule has 0 unspecified atom stereocenters. The molecule has 0 spiro atoms. The number of methoxy groups -OCH3 is 1. The van der Waals surface area contributed by atoms with Crippen molar-refractivity contribution in [2.75, 3.05) is 12.1 Å². The minimum atomic E-state index is 0.836. The highest BCUT2D eigenvalue weighted by molar-refractivity contribution is 6.01. The minimum Gasteiger partial charge on any atom is -0.497 e. The molecule has 3 rings (SSSR count). The summed E-state index contributed by atoms with van der Waals surface area (Å²) >= 11 is 0. The molecule has 0 bridgehead atoms. The van der Waals surface area contributed by atoms with Crippen molar-refractivity contribution in [1.82, 2.24) is 0 Å². The van der Waals surface area contributed by atoms with Gasteiger partial charge in [0.15, 0.2) is 0 Å². The first-order chi connectivity index (χ1) is 12.3. The van der Waals surface area contributed by atoms with Gasteiger partial charge >= 0.3 is 0 Å². The molecule has 0 aliphatic carbocycles. The number of anilines is 2. The predicted octanol–water partition coefficient (Wildman–Crippen LogP) is 5.65. The van der Waals surface area contributed by atoms with Crippen LogP contribution < -0.4 is 9.75 Å². The van der Waals surface area contributed by atoms with Gasteiger partial charge in [-0.2, -0.15) is 5.10 Å². The van der Waals surface area contributed by atoms with Gasteiger partial charge in [0.05, 0.1) is 24.2 Å². The Labute approximate surface area is 149 Å². The Bertz CT molecular complexity index is 772. The molecular formula is C22H22N2O. The summed E-state index contributed by atoms with van der Waals surface area (Å²) in [4.78, 5) is 0. The zero-order valence-corrected chi connectivity index (χ0v) is 14.6. The largest absolute Gasteiger partial charge is 0.497 e. The molecule has 0 saturated carbocycles. The molecule has 0 aromatic heterocycles. The Morgan fingerprint density at radius 3 is 1.76 bits per heavy atom. The van der Waals surface area contributed by atoms with E-state index < -0.39 is 0 Å². The van der Waals surface area contributed by atoms with Gasteiger partial charge in [-0.15, -0.1) is 0 Å². The van der Waals surface area contributed by atoms with Gasteiger partial charge in [0.1, 0.15) is 5.75 Å². The van der Waals surface area contributed by atoms with E-state index in [1.807, 2.05) is 53.5 Å². The zero-order chi connectivity index (χ0) is 17.5. The van der Waals surface area contributed by atoms with Gasteiger partial charge in [0, 0.05) is 0 Å². The van der Waals surface area contributed by atoms with Crippen LogP contribution in [0.5, 0.6) is 5.75 Å². The molecule has 3 aromatic rings. The van der Waals surface area contributed by atoms with Crippen molar-refractivity contribution < 1.29 is 4.74 Å². The van der Waals surface area contributed by atoms with E-state index in [0.29, 0.717) is 0 Å². The van der Waals surface area contributed by atoms with Crippen molar-refractivity contribution in [3.8, 4) is 5.75 Å². The molecular weight excluding hydrogens is 308 g/mol. The Morgan fingerprint density at radius 2 is 1.32 bits per heavy atom. The third kappa shape index (κ3) is 4.07. The Kier molecular flexibility index (Phi) is 5.47. The van der Waals surface area contributed by atoms with Gasteiger partial charge in [0.25, 0.3) is 0 Å². The lowest BCUT2D eigenvalue weighted by Crippen LogP contribution is -2.13. The molecule has 0 fully saturated rings. The predicted molar refractivity (Wildman–Crippen MR) is 105 cm³/mol. The number of ether oxygens (including phenoxy) is 1. The zero-order valence-electron chi connectivity index (χ0n) is 14.6. The summed E-state index contributed by atoms with van der Waals surface area (Å²) in [6, 6.07) is 28.4. The van der Waals surface area contributed by atoms with Crippen LogP contribution in [0.1, 0.15) is 18.9 Å². The standard InChI is InChI=1S/C22H22N2O/c1-3-22(18-14-16-21(25-2)17-15-18)23-24(19-10-6-4-7-11-19)20-12-8-5-9-13-20/h4-17H,3H2,1-2H3/b23-22-. The van der Waals surface area contributed by atoms with E-state index in [4.69, 9.17) is 9.84 Å². The summed E-state index contributed by atoms with van der Waals surface area (Å²) in [6.07, 6.45) is 0.836. The van der Waals surface area contributed by atoms with E-state index >= 15 is 0 Å². The number of hydrogen-bond donors (Lipinski definition) is 0. The van der Waals surface area contributed by atoms with Crippen LogP contribution in [-0.4, -0.2) is 12.8 Å². The van der Waals surface area contributed by atoms with Crippen LogP contribution in [0.15, 0.2) is 90.0 Å². The molecule has 3 nitrogen and oxygen atoms in total. The fourth-order valence-electron chi connectivity index (χ4n) is 2.64. The summed E-state index contributed by atoms with van der Waals surface area (Å²) in [5.74, 6) is 0.849. The van der Waals surface area contributed by atoms with Gasteiger partial charge < -0.3 is 4.74 Å². The first kappa shape index (κ1) is 16.8. The van der Waals surface area contributed by atoms with Crippen molar-refractivity contribution in [2.24, 2.45) is 5.10 Å². The molecule has 3 aromatic carbocycles. The molecule has 0 heterocycles. The van der Waals surface area contributed by atoms with E-state index in [0.717, 1.165) is 34.8 Å². The molecule has 3 heteroatoms. The van der Waals surface area contributed by atoms with Gasteiger partial charge in [-0.25, -0.2) is 5.01 Å². The number of nitrogens with zero attached hydrogens (tertiary/aromatic N) is 2. The minimum absolute atomic E-state index is 0.836.